The molecule has 0 unspecified atom stereocenters. The van der Waals surface area contributed by atoms with Crippen LogP contribution in [0.15, 0.2) is 72.8 Å². The molecule has 214 valence electrons. The van der Waals surface area contributed by atoms with Crippen molar-refractivity contribution in [2.75, 3.05) is 5.32 Å². The number of hydrogen-bond donors (Lipinski definition) is 7. The predicted molar refractivity (Wildman–Crippen MR) is 150 cm³/mol. The summed E-state index contributed by atoms with van der Waals surface area (Å²) in [5, 5.41) is 27.8. The van der Waals surface area contributed by atoms with Crippen molar-refractivity contribution in [2.24, 2.45) is 17.2 Å². The van der Waals surface area contributed by atoms with Gasteiger partial charge in [-0.05, 0) is 54.1 Å². The molecule has 12 nitrogen and oxygen atoms in total. The number of amidine groups is 1. The highest BCUT2D eigenvalue weighted by atomic mass is 19.1. The van der Waals surface area contributed by atoms with E-state index in [1.54, 1.807) is 12.1 Å². The van der Waals surface area contributed by atoms with Gasteiger partial charge in [0.2, 0.25) is 23.3 Å². The van der Waals surface area contributed by atoms with Gasteiger partial charge in [-0.15, -0.1) is 0 Å². The van der Waals surface area contributed by atoms with Crippen molar-refractivity contribution in [3.63, 3.8) is 0 Å². The Kier molecular flexibility index (Phi) is 8.46. The second-order valence-corrected chi connectivity index (χ2v) is 8.46. The van der Waals surface area contributed by atoms with Gasteiger partial charge in [-0.2, -0.15) is 13.8 Å². The van der Waals surface area contributed by atoms with E-state index in [1.165, 1.54) is 54.6 Å². The normalized spacial score (nSPS) is 10.7. The summed E-state index contributed by atoms with van der Waals surface area (Å²) in [5.74, 6) is -7.53. The van der Waals surface area contributed by atoms with Crippen LogP contribution < -0.4 is 36.7 Å². The van der Waals surface area contributed by atoms with Crippen LogP contribution in [-0.2, 0) is 4.79 Å². The van der Waals surface area contributed by atoms with Crippen LogP contribution in [0.25, 0.3) is 6.08 Å². The van der Waals surface area contributed by atoms with Gasteiger partial charge in [0.25, 0.3) is 11.8 Å². The fraction of sp³-hybridized carbons (Fsp3) is 0. The highest BCUT2D eigenvalue weighted by Crippen LogP contribution is 2.41. The lowest BCUT2D eigenvalue weighted by atomic mass is 10.2. The number of carbonyl (C=O) groups excluding carboxylic acids is 1. The number of rotatable bonds is 10. The van der Waals surface area contributed by atoms with Gasteiger partial charge in [0, 0.05) is 23.4 Å². The first-order valence-electron chi connectivity index (χ1n) is 11.9. The molecule has 0 radical (unpaired) electrons. The Hall–Kier alpha value is -6.18. The lowest BCUT2D eigenvalue weighted by molar-refractivity contribution is -0.113. The molecule has 0 spiro atoms. The van der Waals surface area contributed by atoms with Crippen LogP contribution in [0, 0.1) is 22.5 Å². The number of nitrogens with one attached hydrogen (secondary N) is 3. The van der Waals surface area contributed by atoms with Crippen molar-refractivity contribution in [3.05, 3.63) is 95.6 Å². The predicted octanol–water partition coefficient (Wildman–Crippen LogP) is 4.53. The number of phenolic OH excluding ortho intramolecular Hbond substituents is 1. The second kappa shape index (κ2) is 12.3. The fourth-order valence-electron chi connectivity index (χ4n) is 3.46. The van der Waals surface area contributed by atoms with Gasteiger partial charge in [0.1, 0.15) is 17.3 Å². The number of nitrogen functional groups attached to an aromatic ring is 1. The Morgan fingerprint density at radius 3 is 2.21 bits per heavy atom. The number of benzene rings is 3. The molecule has 0 bridgehead atoms. The van der Waals surface area contributed by atoms with Crippen molar-refractivity contribution in [1.82, 2.24) is 4.98 Å². The van der Waals surface area contributed by atoms with E-state index >= 15 is 8.78 Å². The largest absolute Gasteiger partial charge is 0.504 e. The summed E-state index contributed by atoms with van der Waals surface area (Å²) in [6, 6.07) is 15.5. The lowest BCUT2D eigenvalue weighted by Crippen LogP contribution is -2.20. The van der Waals surface area contributed by atoms with Crippen LogP contribution in [0.2, 0.25) is 0 Å². The third-order valence-corrected chi connectivity index (χ3v) is 5.30. The number of aromatic hydroxyl groups is 1. The number of carbonyl (C=O) groups is 1. The average molecular weight is 576 g/mol. The number of hydrogen-bond acceptors (Lipinski definition) is 8. The molecule has 0 aliphatic heterocycles. The third kappa shape index (κ3) is 7.06. The molecule has 0 aliphatic rings. The van der Waals surface area contributed by atoms with Crippen molar-refractivity contribution >= 4 is 29.5 Å². The van der Waals surface area contributed by atoms with Crippen molar-refractivity contribution < 1.29 is 32.9 Å². The molecule has 1 aromatic heterocycles. The molecule has 0 fully saturated rings. The van der Waals surface area contributed by atoms with Gasteiger partial charge in [-0.1, -0.05) is 18.2 Å². The smallest absolute Gasteiger partial charge is 0.263 e. The average Bonchev–Trinajstić information content (AvgIpc) is 2.93. The summed E-state index contributed by atoms with van der Waals surface area (Å²) < 4.78 is 48.0. The molecule has 4 aromatic rings. The SMILES string of the molecule is N=C(N)Nc1cccc(Oc2nc(Oc3cc(C(=N)N)ccc3O)c(F)c(Oc3cccc(/C=C/C(N)=O)c3)c2F)c1. The molecule has 0 saturated carbocycles. The fourth-order valence-corrected chi connectivity index (χ4v) is 3.46. The number of aromatic nitrogens is 1. The third-order valence-electron chi connectivity index (χ3n) is 5.30. The van der Waals surface area contributed by atoms with Crippen LogP contribution in [0.1, 0.15) is 11.1 Å². The molecule has 0 aliphatic carbocycles. The van der Waals surface area contributed by atoms with E-state index in [-0.39, 0.29) is 34.6 Å². The number of anilines is 1. The quantitative estimate of drug-likeness (QED) is 0.0802. The summed E-state index contributed by atoms with van der Waals surface area (Å²) in [7, 11) is 0. The number of nitrogens with two attached hydrogens (primary N) is 3. The molecule has 10 N–H and O–H groups in total. The van der Waals surface area contributed by atoms with E-state index in [9.17, 15) is 9.90 Å². The molecular formula is C28H23F2N7O5. The maximum atomic E-state index is 15.7. The molecule has 0 atom stereocenters. The zero-order chi connectivity index (χ0) is 30.4. The van der Waals surface area contributed by atoms with Crippen LogP contribution in [-0.4, -0.2) is 27.8 Å². The first-order valence-corrected chi connectivity index (χ1v) is 11.9. The van der Waals surface area contributed by atoms with E-state index in [0.29, 0.717) is 11.3 Å². The molecular weight excluding hydrogens is 552 g/mol. The van der Waals surface area contributed by atoms with Crippen LogP contribution >= 0.6 is 0 Å². The zero-order valence-corrected chi connectivity index (χ0v) is 21.5. The maximum absolute atomic E-state index is 15.7. The van der Waals surface area contributed by atoms with Gasteiger partial charge in [-0.25, -0.2) is 0 Å². The summed E-state index contributed by atoms with van der Waals surface area (Å²) >= 11 is 0. The molecule has 4 rings (SSSR count). The standard InChI is InChI=1S/C28H23F2N7O5/c29-22-24(40-17-5-1-3-14(11-17)7-10-21(31)39)23(30)27(42-20-12-15(25(32)33)8-9-19(20)38)37-26(22)41-18-6-2-4-16(13-18)36-28(34)35/h1-13,38H,(H2,31,39)(H3,32,33)(H4,34,35,36)/b10-7+. The number of guanidine groups is 1. The molecule has 14 heteroatoms. The zero-order valence-electron chi connectivity index (χ0n) is 21.5. The number of amides is 1. The van der Waals surface area contributed by atoms with E-state index in [2.05, 4.69) is 10.3 Å². The first kappa shape index (κ1) is 28.8. The topological polar surface area (TPSA) is 216 Å². The van der Waals surface area contributed by atoms with Crippen LogP contribution in [0.3, 0.4) is 0 Å². The Balaban J connectivity index is 1.80. The van der Waals surface area contributed by atoms with Gasteiger partial charge < -0.3 is 41.8 Å². The van der Waals surface area contributed by atoms with E-state index in [0.717, 1.165) is 12.1 Å². The maximum Gasteiger partial charge on any atom is 0.263 e. The van der Waals surface area contributed by atoms with Crippen molar-refractivity contribution in [2.45, 2.75) is 0 Å². The minimum atomic E-state index is -1.39. The minimum Gasteiger partial charge on any atom is -0.504 e. The number of pyridine rings is 1. The van der Waals surface area contributed by atoms with Crippen LogP contribution in [0.5, 0.6) is 40.5 Å². The first-order chi connectivity index (χ1) is 20.0. The number of nitrogens with zero attached hydrogens (tertiary/aromatic N) is 1. The lowest BCUT2D eigenvalue weighted by Gasteiger charge is -2.16. The Morgan fingerprint density at radius 2 is 1.55 bits per heavy atom. The summed E-state index contributed by atoms with van der Waals surface area (Å²) in [6.07, 6.45) is 2.48. The molecule has 3 aromatic carbocycles. The number of phenols is 1. The molecule has 1 heterocycles. The molecule has 1 amide bonds. The van der Waals surface area contributed by atoms with E-state index in [4.69, 9.17) is 42.2 Å². The second-order valence-electron chi connectivity index (χ2n) is 8.46. The molecule has 0 saturated heterocycles. The highest BCUT2D eigenvalue weighted by molar-refractivity contribution is 5.95. The van der Waals surface area contributed by atoms with Crippen molar-refractivity contribution in [3.8, 4) is 40.5 Å². The Labute approximate surface area is 237 Å². The minimum absolute atomic E-state index is 0.0242. The Morgan fingerprint density at radius 1 is 0.881 bits per heavy atom. The van der Waals surface area contributed by atoms with Crippen molar-refractivity contribution in [1.29, 1.82) is 10.8 Å². The number of halogens is 2. The highest BCUT2D eigenvalue weighted by Gasteiger charge is 2.27. The summed E-state index contributed by atoms with van der Waals surface area (Å²) in [6.45, 7) is 0. The number of primary amides is 1. The van der Waals surface area contributed by atoms with Crippen LogP contribution in [0.4, 0.5) is 14.5 Å². The summed E-state index contributed by atoms with van der Waals surface area (Å²) in [5.41, 5.74) is 16.9. The van der Waals surface area contributed by atoms with E-state index < -0.39 is 40.8 Å². The Bertz CT molecular complexity index is 1730. The van der Waals surface area contributed by atoms with E-state index in [1.807, 2.05) is 0 Å². The number of ether oxygens (including phenoxy) is 3. The van der Waals surface area contributed by atoms with Gasteiger partial charge in [-0.3, -0.25) is 15.6 Å². The van der Waals surface area contributed by atoms with Gasteiger partial charge >= 0.3 is 0 Å². The molecule has 42 heavy (non-hydrogen) atoms. The van der Waals surface area contributed by atoms with Gasteiger partial charge in [0.15, 0.2) is 17.5 Å². The monoisotopic (exact) mass is 575 g/mol. The van der Waals surface area contributed by atoms with Gasteiger partial charge in [0.05, 0.1) is 0 Å². The summed E-state index contributed by atoms with van der Waals surface area (Å²) in [4.78, 5) is 14.9.